The van der Waals surface area contributed by atoms with E-state index in [0.29, 0.717) is 22.7 Å². The number of fused-ring (bicyclic) bond motifs is 4. The van der Waals surface area contributed by atoms with Crippen molar-refractivity contribution in [2.75, 3.05) is 5.32 Å². The summed E-state index contributed by atoms with van der Waals surface area (Å²) in [5, 5.41) is 6.77. The van der Waals surface area contributed by atoms with Crippen molar-refractivity contribution < 1.29 is 14.4 Å². The monoisotopic (exact) mass is 389 g/mol. The first-order valence-electron chi connectivity index (χ1n) is 9.50. The fraction of sp³-hybridized carbons (Fsp3) is 0.550. The number of benzene rings is 1. The zero-order chi connectivity index (χ0) is 19.7. The fourth-order valence-electron chi connectivity index (χ4n) is 4.92. The minimum atomic E-state index is -1.26. The van der Waals surface area contributed by atoms with Crippen LogP contribution in [0.15, 0.2) is 18.2 Å². The largest absolute Gasteiger partial charge is 0.324 e. The van der Waals surface area contributed by atoms with Crippen LogP contribution >= 0.6 is 11.6 Å². The number of imide groups is 1. The lowest BCUT2D eigenvalue weighted by Crippen LogP contribution is -2.54. The van der Waals surface area contributed by atoms with Gasteiger partial charge in [-0.15, -0.1) is 0 Å². The number of likely N-dealkylation sites (tertiary alicyclic amines) is 1. The van der Waals surface area contributed by atoms with Crippen molar-refractivity contribution in [1.29, 1.82) is 0 Å². The van der Waals surface area contributed by atoms with Crippen molar-refractivity contribution in [3.63, 3.8) is 0 Å². The van der Waals surface area contributed by atoms with E-state index in [-0.39, 0.29) is 35.7 Å². The highest BCUT2D eigenvalue weighted by atomic mass is 35.5. The third-order valence-corrected chi connectivity index (χ3v) is 6.63. The lowest BCUT2D eigenvalue weighted by Gasteiger charge is -2.31. The third-order valence-electron chi connectivity index (χ3n) is 6.40. The van der Waals surface area contributed by atoms with Crippen LogP contribution in [0, 0.1) is 17.8 Å². The van der Waals surface area contributed by atoms with Gasteiger partial charge in [0, 0.05) is 28.4 Å². The molecule has 6 nitrogen and oxygen atoms in total. The van der Waals surface area contributed by atoms with E-state index in [2.05, 4.69) is 10.6 Å². The van der Waals surface area contributed by atoms with Crippen LogP contribution < -0.4 is 10.6 Å². The molecule has 3 amide bonds. The van der Waals surface area contributed by atoms with Crippen molar-refractivity contribution in [2.24, 2.45) is 17.8 Å². The maximum atomic E-state index is 13.4. The van der Waals surface area contributed by atoms with Crippen LogP contribution in [0.4, 0.5) is 5.69 Å². The van der Waals surface area contributed by atoms with E-state index in [1.165, 1.54) is 4.90 Å². The van der Waals surface area contributed by atoms with Gasteiger partial charge in [0.25, 0.3) is 0 Å². The Hall–Kier alpha value is -1.92. The molecule has 1 spiro atoms. The van der Waals surface area contributed by atoms with E-state index in [4.69, 9.17) is 11.6 Å². The van der Waals surface area contributed by atoms with E-state index in [1.54, 1.807) is 18.2 Å². The molecule has 2 saturated heterocycles. The van der Waals surface area contributed by atoms with Gasteiger partial charge in [0.1, 0.15) is 5.54 Å². The highest BCUT2D eigenvalue weighted by molar-refractivity contribution is 6.31. The molecule has 4 rings (SSSR count). The third kappa shape index (κ3) is 2.26. The summed E-state index contributed by atoms with van der Waals surface area (Å²) < 4.78 is 0. The number of carbonyl (C=O) groups excluding carboxylic acids is 3. The molecule has 3 aliphatic rings. The zero-order valence-electron chi connectivity index (χ0n) is 15.9. The zero-order valence-corrected chi connectivity index (χ0v) is 16.6. The van der Waals surface area contributed by atoms with E-state index >= 15 is 0 Å². The average Bonchev–Trinajstić information content (AvgIpc) is 3.20. The second-order valence-electron chi connectivity index (χ2n) is 8.17. The van der Waals surface area contributed by atoms with Crippen LogP contribution in [-0.4, -0.2) is 34.7 Å². The van der Waals surface area contributed by atoms with Gasteiger partial charge >= 0.3 is 0 Å². The van der Waals surface area contributed by atoms with Gasteiger partial charge in [-0.25, -0.2) is 0 Å². The Balaban J connectivity index is 1.92. The first-order valence-corrected chi connectivity index (χ1v) is 9.87. The number of nitrogens with one attached hydrogen (secondary N) is 2. The molecule has 0 bridgehead atoms. The topological polar surface area (TPSA) is 78.5 Å². The summed E-state index contributed by atoms with van der Waals surface area (Å²) in [7, 11) is 0. The van der Waals surface area contributed by atoms with Gasteiger partial charge in [-0.2, -0.15) is 0 Å². The fourth-order valence-corrected chi connectivity index (χ4v) is 5.09. The first-order chi connectivity index (χ1) is 12.7. The second kappa shape index (κ2) is 6.04. The lowest BCUT2D eigenvalue weighted by atomic mass is 9.76. The highest BCUT2D eigenvalue weighted by Crippen LogP contribution is 2.54. The Bertz CT molecular complexity index is 855. The molecule has 7 heteroatoms. The van der Waals surface area contributed by atoms with Crippen LogP contribution in [0.5, 0.6) is 0 Å². The van der Waals surface area contributed by atoms with Gasteiger partial charge in [-0.1, -0.05) is 32.4 Å². The van der Waals surface area contributed by atoms with E-state index < -0.39 is 17.4 Å². The molecule has 0 unspecified atom stereocenters. The first kappa shape index (κ1) is 18.4. The number of hydrogen-bond donors (Lipinski definition) is 2. The normalized spacial score (nSPS) is 33.0. The lowest BCUT2D eigenvalue weighted by molar-refractivity contribution is -0.145. The van der Waals surface area contributed by atoms with E-state index in [0.717, 1.165) is 0 Å². The summed E-state index contributed by atoms with van der Waals surface area (Å²) in [5.41, 5.74) is 0.0435. The quantitative estimate of drug-likeness (QED) is 0.778. The smallest absolute Gasteiger partial charge is 0.250 e. The van der Waals surface area contributed by atoms with Crippen molar-refractivity contribution in [3.8, 4) is 0 Å². The van der Waals surface area contributed by atoms with E-state index in [1.807, 2.05) is 27.7 Å². The second-order valence-corrected chi connectivity index (χ2v) is 8.61. The molecule has 2 fully saturated rings. The van der Waals surface area contributed by atoms with Crippen LogP contribution in [-0.2, 0) is 19.9 Å². The Morgan fingerprint density at radius 1 is 1.19 bits per heavy atom. The molecule has 0 radical (unpaired) electrons. The maximum absolute atomic E-state index is 13.4. The molecule has 27 heavy (non-hydrogen) atoms. The van der Waals surface area contributed by atoms with Gasteiger partial charge in [0.05, 0.1) is 11.8 Å². The molecule has 0 aliphatic carbocycles. The standard InChI is InChI=1S/C20H24ClN3O3/c1-5-10(4)24-17(25)14-15(18(24)26)20(23-16(14)9(2)3)12-8-11(21)6-7-13(12)22-19(20)27/h6-10,14-16,23H,5H2,1-4H3,(H,22,27)/t10-,14-,15-,16-,20+/m0/s1. The van der Waals surface area contributed by atoms with Gasteiger partial charge in [0.15, 0.2) is 0 Å². The maximum Gasteiger partial charge on any atom is 0.250 e. The summed E-state index contributed by atoms with van der Waals surface area (Å²) in [6.07, 6.45) is 0.679. The predicted molar refractivity (Wildman–Crippen MR) is 102 cm³/mol. The van der Waals surface area contributed by atoms with Crippen LogP contribution in [0.1, 0.15) is 39.7 Å². The Morgan fingerprint density at radius 3 is 2.52 bits per heavy atom. The predicted octanol–water partition coefficient (Wildman–Crippen LogP) is 2.51. The molecule has 1 aromatic carbocycles. The van der Waals surface area contributed by atoms with Crippen LogP contribution in [0.25, 0.3) is 0 Å². The number of amides is 3. The van der Waals surface area contributed by atoms with Crippen molar-refractivity contribution in [3.05, 3.63) is 28.8 Å². The highest BCUT2D eigenvalue weighted by Gasteiger charge is 2.71. The summed E-state index contributed by atoms with van der Waals surface area (Å²) in [4.78, 5) is 41.2. The van der Waals surface area contributed by atoms with E-state index in [9.17, 15) is 14.4 Å². The SMILES string of the molecule is CC[C@H](C)N1C(=O)[C@H]2[C@@H](C1=O)[C@@]1(N[C@H]2C(C)C)C(=O)Nc2ccc(Cl)cc21. The molecule has 0 aromatic heterocycles. The summed E-state index contributed by atoms with van der Waals surface area (Å²) in [6.45, 7) is 7.83. The van der Waals surface area contributed by atoms with Gasteiger partial charge in [0.2, 0.25) is 17.7 Å². The van der Waals surface area contributed by atoms with Crippen molar-refractivity contribution >= 4 is 35.0 Å². The van der Waals surface area contributed by atoms with Crippen LogP contribution in [0.3, 0.4) is 0 Å². The summed E-state index contributed by atoms with van der Waals surface area (Å²) in [5.74, 6) is -1.96. The number of rotatable bonds is 3. The molecule has 144 valence electrons. The van der Waals surface area contributed by atoms with Gasteiger partial charge in [-0.3, -0.25) is 24.6 Å². The van der Waals surface area contributed by atoms with Gasteiger partial charge in [-0.05, 0) is 37.5 Å². The molecular weight excluding hydrogens is 366 g/mol. The molecule has 5 atom stereocenters. The molecule has 3 aliphatic heterocycles. The Morgan fingerprint density at radius 2 is 1.89 bits per heavy atom. The Labute approximate surface area is 163 Å². The minimum Gasteiger partial charge on any atom is -0.324 e. The number of carbonyl (C=O) groups is 3. The molecule has 2 N–H and O–H groups in total. The van der Waals surface area contributed by atoms with Crippen molar-refractivity contribution in [1.82, 2.24) is 10.2 Å². The van der Waals surface area contributed by atoms with Gasteiger partial charge < -0.3 is 5.32 Å². The molecule has 3 heterocycles. The number of anilines is 1. The molecule has 1 aromatic rings. The minimum absolute atomic E-state index is 0.0848. The number of hydrogen-bond acceptors (Lipinski definition) is 4. The summed E-state index contributed by atoms with van der Waals surface area (Å²) >= 11 is 6.21. The average molecular weight is 390 g/mol. The van der Waals surface area contributed by atoms with Crippen molar-refractivity contribution in [2.45, 2.75) is 51.7 Å². The summed E-state index contributed by atoms with van der Waals surface area (Å²) in [6, 6.07) is 4.72. The molecule has 0 saturated carbocycles. The molecular formula is C20H24ClN3O3. The Kier molecular flexibility index (Phi) is 4.13. The number of halogens is 1. The van der Waals surface area contributed by atoms with Crippen LogP contribution in [0.2, 0.25) is 5.02 Å². The number of nitrogens with zero attached hydrogens (tertiary/aromatic N) is 1.